The Morgan fingerprint density at radius 2 is 1.68 bits per heavy atom. The van der Waals surface area contributed by atoms with Crippen LogP contribution in [0, 0.1) is 12.3 Å². The van der Waals surface area contributed by atoms with Crippen LogP contribution in [-0.2, 0) is 4.74 Å². The summed E-state index contributed by atoms with van der Waals surface area (Å²) in [5.41, 5.74) is 3.61. The maximum absolute atomic E-state index is 9.61. The fraction of sp³-hybridized carbons (Fsp3) is 0.368. The number of aryl methyl sites for hydroxylation is 1. The molecule has 1 saturated heterocycles. The number of benzene rings is 2. The molecule has 1 atom stereocenters. The molecule has 0 radical (unpaired) electrons. The molecule has 3 heteroatoms. The van der Waals surface area contributed by atoms with Crippen molar-refractivity contribution < 1.29 is 9.84 Å². The van der Waals surface area contributed by atoms with E-state index in [1.165, 1.54) is 16.7 Å². The van der Waals surface area contributed by atoms with Crippen molar-refractivity contribution in [1.82, 2.24) is 5.32 Å². The third kappa shape index (κ3) is 3.22. The summed E-state index contributed by atoms with van der Waals surface area (Å²) in [6.45, 7) is 4.27. The Kier molecular flexibility index (Phi) is 4.57. The second kappa shape index (κ2) is 6.61. The molecular weight excluding hydrogens is 274 g/mol. The van der Waals surface area contributed by atoms with Crippen LogP contribution < -0.4 is 5.32 Å². The average Bonchev–Trinajstić information content (AvgIpc) is 2.52. The van der Waals surface area contributed by atoms with Crippen LogP contribution in [0.1, 0.15) is 22.7 Å². The zero-order valence-electron chi connectivity index (χ0n) is 13.0. The van der Waals surface area contributed by atoms with Gasteiger partial charge in [0.15, 0.2) is 0 Å². The van der Waals surface area contributed by atoms with E-state index in [4.69, 9.17) is 4.74 Å². The summed E-state index contributed by atoms with van der Waals surface area (Å²) in [6, 6.07) is 19.2. The number of aliphatic hydroxyl groups excluding tert-OH is 1. The Morgan fingerprint density at radius 3 is 2.23 bits per heavy atom. The Morgan fingerprint density at radius 1 is 1.05 bits per heavy atom. The fourth-order valence-electron chi connectivity index (χ4n) is 2.79. The molecule has 1 heterocycles. The van der Waals surface area contributed by atoms with Gasteiger partial charge in [0.05, 0.1) is 31.3 Å². The van der Waals surface area contributed by atoms with Gasteiger partial charge in [0, 0.05) is 6.54 Å². The number of hydrogen-bond donors (Lipinski definition) is 2. The van der Waals surface area contributed by atoms with Crippen LogP contribution >= 0.6 is 0 Å². The van der Waals surface area contributed by atoms with Crippen LogP contribution in [0.25, 0.3) is 0 Å². The number of ether oxygens (including phenoxy) is 1. The smallest absolute Gasteiger partial charge is 0.0579 e. The number of rotatable bonds is 6. The minimum Gasteiger partial charge on any atom is -0.396 e. The van der Waals surface area contributed by atoms with Gasteiger partial charge in [0.2, 0.25) is 0 Å². The molecule has 0 aliphatic carbocycles. The third-order valence-corrected chi connectivity index (χ3v) is 4.38. The van der Waals surface area contributed by atoms with E-state index in [1.54, 1.807) is 0 Å². The first-order valence-electron chi connectivity index (χ1n) is 7.76. The molecule has 0 amide bonds. The average molecular weight is 297 g/mol. The zero-order chi connectivity index (χ0) is 15.4. The van der Waals surface area contributed by atoms with E-state index in [0.29, 0.717) is 13.2 Å². The van der Waals surface area contributed by atoms with E-state index < -0.39 is 0 Å². The lowest BCUT2D eigenvalue weighted by atomic mass is 9.86. The molecule has 0 aromatic heterocycles. The molecule has 0 spiro atoms. The molecule has 1 unspecified atom stereocenters. The van der Waals surface area contributed by atoms with Gasteiger partial charge in [-0.05, 0) is 18.1 Å². The summed E-state index contributed by atoms with van der Waals surface area (Å²) in [5.74, 6) is 0. The Hall–Kier alpha value is -1.68. The van der Waals surface area contributed by atoms with Crippen molar-refractivity contribution in [2.24, 2.45) is 5.41 Å². The van der Waals surface area contributed by atoms with Crippen LogP contribution in [0.3, 0.4) is 0 Å². The maximum Gasteiger partial charge on any atom is 0.0579 e. The molecule has 2 aromatic carbocycles. The van der Waals surface area contributed by atoms with Gasteiger partial charge in [0.25, 0.3) is 0 Å². The highest BCUT2D eigenvalue weighted by molar-refractivity contribution is 5.33. The van der Waals surface area contributed by atoms with Crippen molar-refractivity contribution in [3.8, 4) is 0 Å². The topological polar surface area (TPSA) is 41.5 Å². The largest absolute Gasteiger partial charge is 0.396 e. The highest BCUT2D eigenvalue weighted by atomic mass is 16.5. The molecule has 22 heavy (non-hydrogen) atoms. The number of aliphatic hydroxyl groups is 1. The van der Waals surface area contributed by atoms with Crippen LogP contribution in [0.15, 0.2) is 54.6 Å². The monoisotopic (exact) mass is 297 g/mol. The number of hydrogen-bond acceptors (Lipinski definition) is 3. The second-order valence-electron chi connectivity index (χ2n) is 6.29. The van der Waals surface area contributed by atoms with Crippen molar-refractivity contribution in [3.05, 3.63) is 71.3 Å². The van der Waals surface area contributed by atoms with Crippen LogP contribution in [-0.4, -0.2) is 31.5 Å². The van der Waals surface area contributed by atoms with Gasteiger partial charge < -0.3 is 15.2 Å². The molecule has 3 rings (SSSR count). The molecule has 3 nitrogen and oxygen atoms in total. The summed E-state index contributed by atoms with van der Waals surface area (Å²) in [4.78, 5) is 0. The van der Waals surface area contributed by atoms with Gasteiger partial charge in [0.1, 0.15) is 0 Å². The summed E-state index contributed by atoms with van der Waals surface area (Å²) in [7, 11) is 0. The Bertz CT molecular complexity index is 585. The summed E-state index contributed by atoms with van der Waals surface area (Å²) >= 11 is 0. The molecule has 1 fully saturated rings. The predicted molar refractivity (Wildman–Crippen MR) is 87.8 cm³/mol. The lowest BCUT2D eigenvalue weighted by molar-refractivity contribution is -0.134. The Labute approximate surface area is 131 Å². The quantitative estimate of drug-likeness (QED) is 0.861. The molecule has 1 aliphatic heterocycles. The number of nitrogens with one attached hydrogen (secondary N) is 1. The van der Waals surface area contributed by atoms with Crippen molar-refractivity contribution in [2.75, 3.05) is 26.4 Å². The van der Waals surface area contributed by atoms with E-state index >= 15 is 0 Å². The second-order valence-corrected chi connectivity index (χ2v) is 6.29. The summed E-state index contributed by atoms with van der Waals surface area (Å²) < 4.78 is 5.29. The predicted octanol–water partition coefficient (Wildman–Crippen LogP) is 2.68. The van der Waals surface area contributed by atoms with Gasteiger partial charge in [-0.25, -0.2) is 0 Å². The van der Waals surface area contributed by atoms with Crippen molar-refractivity contribution in [3.63, 3.8) is 0 Å². The molecule has 1 aliphatic rings. The highest BCUT2D eigenvalue weighted by Crippen LogP contribution is 2.29. The van der Waals surface area contributed by atoms with Crippen LogP contribution in [0.2, 0.25) is 0 Å². The molecule has 2 N–H and O–H groups in total. The highest BCUT2D eigenvalue weighted by Gasteiger charge is 2.38. The first-order chi connectivity index (χ1) is 10.7. The molecular formula is C19H23NO2. The minimum atomic E-state index is -0.127. The molecule has 116 valence electrons. The SMILES string of the molecule is Cc1ccc(C(NCC2(CO)COC2)c2ccccc2)cc1. The molecule has 0 bridgehead atoms. The molecule has 2 aromatic rings. The van der Waals surface area contributed by atoms with Crippen LogP contribution in [0.5, 0.6) is 0 Å². The van der Waals surface area contributed by atoms with Gasteiger partial charge in [-0.2, -0.15) is 0 Å². The molecule has 0 saturated carbocycles. The first kappa shape index (κ1) is 15.2. The van der Waals surface area contributed by atoms with Crippen LogP contribution in [0.4, 0.5) is 0 Å². The van der Waals surface area contributed by atoms with E-state index in [9.17, 15) is 5.11 Å². The van der Waals surface area contributed by atoms with E-state index in [2.05, 4.69) is 60.8 Å². The van der Waals surface area contributed by atoms with E-state index in [-0.39, 0.29) is 18.1 Å². The normalized spacial score (nSPS) is 17.7. The van der Waals surface area contributed by atoms with E-state index in [1.807, 2.05) is 6.07 Å². The first-order valence-corrected chi connectivity index (χ1v) is 7.76. The van der Waals surface area contributed by atoms with Gasteiger partial charge >= 0.3 is 0 Å². The standard InChI is InChI=1S/C19H23NO2/c1-15-7-9-17(10-8-15)18(16-5-3-2-4-6-16)20-11-19(12-21)13-22-14-19/h2-10,18,20-21H,11-14H2,1H3. The zero-order valence-corrected chi connectivity index (χ0v) is 13.0. The maximum atomic E-state index is 9.61. The van der Waals surface area contributed by atoms with Crippen molar-refractivity contribution >= 4 is 0 Å². The van der Waals surface area contributed by atoms with Gasteiger partial charge in [-0.3, -0.25) is 0 Å². The Balaban J connectivity index is 1.81. The third-order valence-electron chi connectivity index (χ3n) is 4.38. The van der Waals surface area contributed by atoms with Gasteiger partial charge in [-0.15, -0.1) is 0 Å². The lowest BCUT2D eigenvalue weighted by Crippen LogP contribution is -2.52. The minimum absolute atomic E-state index is 0.127. The van der Waals surface area contributed by atoms with Crippen molar-refractivity contribution in [2.45, 2.75) is 13.0 Å². The fourth-order valence-corrected chi connectivity index (χ4v) is 2.79. The lowest BCUT2D eigenvalue weighted by Gasteiger charge is -2.41. The van der Waals surface area contributed by atoms with Crippen molar-refractivity contribution in [1.29, 1.82) is 0 Å². The summed E-state index contributed by atoms with van der Waals surface area (Å²) in [5, 5.41) is 13.2. The summed E-state index contributed by atoms with van der Waals surface area (Å²) in [6.07, 6.45) is 0. The van der Waals surface area contributed by atoms with Gasteiger partial charge in [-0.1, -0.05) is 60.2 Å². The van der Waals surface area contributed by atoms with E-state index in [0.717, 1.165) is 6.54 Å².